The Balaban J connectivity index is 2.60. The van der Waals surface area contributed by atoms with Crippen LogP contribution in [0.25, 0.3) is 0 Å². The Morgan fingerprint density at radius 3 is 2.60 bits per heavy atom. The highest BCUT2D eigenvalue weighted by molar-refractivity contribution is 5.48. The number of hydrogen-bond donors (Lipinski definition) is 2. The maximum absolute atomic E-state index is 5.60. The molecule has 4 heteroatoms. The van der Waals surface area contributed by atoms with Gasteiger partial charge in [0.15, 0.2) is 0 Å². The molecule has 0 atom stereocenters. The average molecular weight is 208 g/mol. The fourth-order valence-corrected chi connectivity index (χ4v) is 1.40. The molecule has 0 saturated heterocycles. The van der Waals surface area contributed by atoms with Gasteiger partial charge in [-0.25, -0.2) is 4.98 Å². The van der Waals surface area contributed by atoms with Crippen LogP contribution < -0.4 is 11.1 Å². The van der Waals surface area contributed by atoms with Crippen LogP contribution in [0.15, 0.2) is 0 Å². The van der Waals surface area contributed by atoms with E-state index in [1.807, 2.05) is 13.8 Å². The monoisotopic (exact) mass is 208 g/mol. The highest BCUT2D eigenvalue weighted by Gasteiger charge is 2.04. The number of nitrogens with one attached hydrogen (secondary N) is 1. The van der Waals surface area contributed by atoms with Crippen molar-refractivity contribution in [2.75, 3.05) is 17.6 Å². The first kappa shape index (κ1) is 11.8. The summed E-state index contributed by atoms with van der Waals surface area (Å²) in [6.07, 6.45) is 3.64. The van der Waals surface area contributed by atoms with Crippen molar-refractivity contribution in [3.8, 4) is 0 Å². The van der Waals surface area contributed by atoms with Gasteiger partial charge in [-0.05, 0) is 20.3 Å². The molecule has 0 spiro atoms. The molecule has 0 amide bonds. The summed E-state index contributed by atoms with van der Waals surface area (Å²) in [7, 11) is 0. The van der Waals surface area contributed by atoms with Crippen molar-refractivity contribution < 1.29 is 0 Å². The zero-order valence-corrected chi connectivity index (χ0v) is 9.80. The molecular weight excluding hydrogens is 188 g/mol. The van der Waals surface area contributed by atoms with E-state index in [1.165, 1.54) is 19.3 Å². The third-order valence-corrected chi connectivity index (χ3v) is 2.48. The highest BCUT2D eigenvalue weighted by atomic mass is 15.1. The minimum absolute atomic E-state index is 0.344. The van der Waals surface area contributed by atoms with Gasteiger partial charge in [-0.3, -0.25) is 0 Å². The van der Waals surface area contributed by atoms with E-state index >= 15 is 0 Å². The zero-order valence-electron chi connectivity index (χ0n) is 9.80. The predicted octanol–water partition coefficient (Wildman–Crippen LogP) is 2.28. The number of hydrogen-bond acceptors (Lipinski definition) is 4. The number of rotatable bonds is 5. The summed E-state index contributed by atoms with van der Waals surface area (Å²) in [5.41, 5.74) is 7.63. The minimum Gasteiger partial charge on any atom is -0.370 e. The Kier molecular flexibility index (Phi) is 4.34. The summed E-state index contributed by atoms with van der Waals surface area (Å²) < 4.78 is 0. The molecular formula is C11H20N4. The summed E-state index contributed by atoms with van der Waals surface area (Å²) in [6.45, 7) is 7.10. The van der Waals surface area contributed by atoms with Crippen LogP contribution in [0.2, 0.25) is 0 Å². The van der Waals surface area contributed by atoms with Gasteiger partial charge in [-0.2, -0.15) is 4.98 Å². The molecule has 84 valence electrons. The standard InChI is InChI=1S/C11H20N4/c1-4-5-6-7-13-10-8(2)9(3)14-11(12)15-10/h4-7H2,1-3H3,(H3,12,13,14,15). The lowest BCUT2D eigenvalue weighted by Crippen LogP contribution is -2.09. The fraction of sp³-hybridized carbons (Fsp3) is 0.636. The largest absolute Gasteiger partial charge is 0.370 e. The molecule has 0 aromatic carbocycles. The molecule has 0 saturated carbocycles. The van der Waals surface area contributed by atoms with Crippen LogP contribution >= 0.6 is 0 Å². The van der Waals surface area contributed by atoms with Gasteiger partial charge in [-0.15, -0.1) is 0 Å². The first-order valence-electron chi connectivity index (χ1n) is 5.49. The van der Waals surface area contributed by atoms with E-state index in [0.717, 1.165) is 23.6 Å². The summed E-state index contributed by atoms with van der Waals surface area (Å²) in [5.74, 6) is 1.21. The number of aryl methyl sites for hydroxylation is 1. The lowest BCUT2D eigenvalue weighted by atomic mass is 10.2. The van der Waals surface area contributed by atoms with Gasteiger partial charge >= 0.3 is 0 Å². The molecule has 0 radical (unpaired) electrons. The molecule has 1 aromatic heterocycles. The SMILES string of the molecule is CCCCCNc1nc(N)nc(C)c1C. The lowest BCUT2D eigenvalue weighted by molar-refractivity contribution is 0.741. The summed E-state index contributed by atoms with van der Waals surface area (Å²) in [6, 6.07) is 0. The smallest absolute Gasteiger partial charge is 0.222 e. The Labute approximate surface area is 91.3 Å². The topological polar surface area (TPSA) is 63.8 Å². The quantitative estimate of drug-likeness (QED) is 0.729. The number of anilines is 2. The van der Waals surface area contributed by atoms with E-state index in [-0.39, 0.29) is 0 Å². The predicted molar refractivity (Wildman–Crippen MR) is 63.9 cm³/mol. The summed E-state index contributed by atoms with van der Waals surface area (Å²) >= 11 is 0. The van der Waals surface area contributed by atoms with Gasteiger partial charge in [0.1, 0.15) is 5.82 Å². The van der Waals surface area contributed by atoms with Crippen LogP contribution in [-0.4, -0.2) is 16.5 Å². The maximum atomic E-state index is 5.60. The Bertz CT molecular complexity index is 323. The molecule has 1 rings (SSSR count). The highest BCUT2D eigenvalue weighted by Crippen LogP contribution is 2.15. The maximum Gasteiger partial charge on any atom is 0.222 e. The van der Waals surface area contributed by atoms with Crippen LogP contribution in [0, 0.1) is 13.8 Å². The van der Waals surface area contributed by atoms with Gasteiger partial charge in [-0.1, -0.05) is 19.8 Å². The summed E-state index contributed by atoms with van der Waals surface area (Å²) in [5, 5.41) is 3.30. The van der Waals surface area contributed by atoms with E-state index in [2.05, 4.69) is 22.2 Å². The second kappa shape index (κ2) is 5.53. The first-order chi connectivity index (χ1) is 7.15. The molecule has 0 aliphatic carbocycles. The summed E-state index contributed by atoms with van der Waals surface area (Å²) in [4.78, 5) is 8.29. The third-order valence-electron chi connectivity index (χ3n) is 2.48. The van der Waals surface area contributed by atoms with Crippen LogP contribution in [0.1, 0.15) is 37.4 Å². The second-order valence-corrected chi connectivity index (χ2v) is 3.77. The number of nitrogen functional groups attached to an aromatic ring is 1. The van der Waals surface area contributed by atoms with E-state index in [0.29, 0.717) is 5.95 Å². The van der Waals surface area contributed by atoms with Crippen molar-refractivity contribution >= 4 is 11.8 Å². The van der Waals surface area contributed by atoms with E-state index in [1.54, 1.807) is 0 Å². The van der Waals surface area contributed by atoms with E-state index < -0.39 is 0 Å². The van der Waals surface area contributed by atoms with Crippen molar-refractivity contribution in [1.29, 1.82) is 0 Å². The minimum atomic E-state index is 0.344. The van der Waals surface area contributed by atoms with Crippen LogP contribution in [0.5, 0.6) is 0 Å². The fourth-order valence-electron chi connectivity index (χ4n) is 1.40. The van der Waals surface area contributed by atoms with E-state index in [4.69, 9.17) is 5.73 Å². The first-order valence-corrected chi connectivity index (χ1v) is 5.49. The number of unbranched alkanes of at least 4 members (excludes halogenated alkanes) is 2. The van der Waals surface area contributed by atoms with Gasteiger partial charge in [0.05, 0.1) is 0 Å². The third kappa shape index (κ3) is 3.38. The number of nitrogens with two attached hydrogens (primary N) is 1. The molecule has 1 aromatic rings. The van der Waals surface area contributed by atoms with Gasteiger partial charge in [0.2, 0.25) is 5.95 Å². The van der Waals surface area contributed by atoms with Gasteiger partial charge in [0, 0.05) is 17.8 Å². The van der Waals surface area contributed by atoms with E-state index in [9.17, 15) is 0 Å². The molecule has 0 unspecified atom stereocenters. The number of nitrogens with zero attached hydrogens (tertiary/aromatic N) is 2. The molecule has 15 heavy (non-hydrogen) atoms. The molecule has 0 bridgehead atoms. The second-order valence-electron chi connectivity index (χ2n) is 3.77. The zero-order chi connectivity index (χ0) is 11.3. The van der Waals surface area contributed by atoms with Crippen molar-refractivity contribution in [2.24, 2.45) is 0 Å². The molecule has 0 aliphatic rings. The van der Waals surface area contributed by atoms with Crippen LogP contribution in [0.3, 0.4) is 0 Å². The Morgan fingerprint density at radius 2 is 1.93 bits per heavy atom. The number of aromatic nitrogens is 2. The van der Waals surface area contributed by atoms with Crippen molar-refractivity contribution in [3.63, 3.8) is 0 Å². The average Bonchev–Trinajstić information content (AvgIpc) is 2.19. The van der Waals surface area contributed by atoms with Gasteiger partial charge < -0.3 is 11.1 Å². The molecule has 0 fully saturated rings. The normalized spacial score (nSPS) is 10.3. The Morgan fingerprint density at radius 1 is 1.20 bits per heavy atom. The van der Waals surface area contributed by atoms with Crippen LogP contribution in [0.4, 0.5) is 11.8 Å². The molecule has 3 N–H and O–H groups in total. The lowest BCUT2D eigenvalue weighted by Gasteiger charge is -2.10. The van der Waals surface area contributed by atoms with Crippen molar-refractivity contribution in [1.82, 2.24) is 9.97 Å². The Hall–Kier alpha value is -1.32. The van der Waals surface area contributed by atoms with Crippen molar-refractivity contribution in [3.05, 3.63) is 11.3 Å². The van der Waals surface area contributed by atoms with Crippen LogP contribution in [-0.2, 0) is 0 Å². The van der Waals surface area contributed by atoms with Crippen molar-refractivity contribution in [2.45, 2.75) is 40.0 Å². The molecule has 4 nitrogen and oxygen atoms in total. The molecule has 1 heterocycles. The van der Waals surface area contributed by atoms with Gasteiger partial charge in [0.25, 0.3) is 0 Å². The molecule has 0 aliphatic heterocycles.